The average molecular weight is 262 g/mol. The van der Waals surface area contributed by atoms with E-state index in [2.05, 4.69) is 4.98 Å². The molecule has 0 bridgehead atoms. The summed E-state index contributed by atoms with van der Waals surface area (Å²) in [5.41, 5.74) is 7.06. The minimum absolute atomic E-state index is 0.0682. The van der Waals surface area contributed by atoms with E-state index in [-0.39, 0.29) is 11.5 Å². The molecule has 3 N–H and O–H groups in total. The molecule has 0 aromatic carbocycles. The topological polar surface area (TPSA) is 106 Å². The number of rotatable bonds is 3. The van der Waals surface area contributed by atoms with E-state index in [1.165, 1.54) is 6.07 Å². The van der Waals surface area contributed by atoms with Gasteiger partial charge in [0.15, 0.2) is 0 Å². The number of anilines is 1. The molecule has 0 saturated carbocycles. The van der Waals surface area contributed by atoms with Crippen molar-refractivity contribution in [3.05, 3.63) is 34.0 Å². The van der Waals surface area contributed by atoms with Gasteiger partial charge in [-0.25, -0.2) is 4.98 Å². The second-order valence-electron chi connectivity index (χ2n) is 4.46. The summed E-state index contributed by atoms with van der Waals surface area (Å²) in [4.78, 5) is 16.1. The van der Waals surface area contributed by atoms with E-state index in [1.807, 2.05) is 10.9 Å². The molecule has 1 aromatic heterocycles. The van der Waals surface area contributed by atoms with Gasteiger partial charge < -0.3 is 15.6 Å². The van der Waals surface area contributed by atoms with Crippen molar-refractivity contribution >= 4 is 24.1 Å². The molecule has 1 aliphatic heterocycles. The first-order valence-electron chi connectivity index (χ1n) is 6.01. The van der Waals surface area contributed by atoms with E-state index in [1.54, 1.807) is 12.9 Å². The van der Waals surface area contributed by atoms with Crippen molar-refractivity contribution in [3.8, 4) is 0 Å². The predicted octanol–water partition coefficient (Wildman–Crippen LogP) is 0.771. The fourth-order valence-electron chi connectivity index (χ4n) is 2.06. The van der Waals surface area contributed by atoms with Gasteiger partial charge in [-0.05, 0) is 31.4 Å². The monoisotopic (exact) mass is 262 g/mol. The summed E-state index contributed by atoms with van der Waals surface area (Å²) < 4.78 is 0. The molecule has 100 valence electrons. The lowest BCUT2D eigenvalue weighted by atomic mass is 9.83. The van der Waals surface area contributed by atoms with Crippen molar-refractivity contribution in [2.75, 3.05) is 18.8 Å². The van der Waals surface area contributed by atoms with Crippen molar-refractivity contribution in [1.82, 2.24) is 9.79 Å². The van der Waals surface area contributed by atoms with Crippen molar-refractivity contribution in [3.63, 3.8) is 0 Å². The van der Waals surface area contributed by atoms with E-state index in [9.17, 15) is 15.1 Å². The molecule has 0 aliphatic carbocycles. The summed E-state index contributed by atoms with van der Waals surface area (Å²) in [5, 5.41) is 20.1. The van der Waals surface area contributed by atoms with E-state index in [0.717, 1.165) is 18.5 Å². The van der Waals surface area contributed by atoms with Crippen LogP contribution in [0.4, 0.5) is 11.5 Å². The van der Waals surface area contributed by atoms with Crippen molar-refractivity contribution in [1.29, 1.82) is 0 Å². The van der Waals surface area contributed by atoms with Gasteiger partial charge in [0.2, 0.25) is 5.82 Å². The second-order valence-corrected chi connectivity index (χ2v) is 4.46. The molecule has 0 amide bonds. The Morgan fingerprint density at radius 3 is 2.79 bits per heavy atom. The molecule has 19 heavy (non-hydrogen) atoms. The van der Waals surface area contributed by atoms with Gasteiger partial charge in [-0.1, -0.05) is 6.08 Å². The lowest BCUT2D eigenvalue weighted by molar-refractivity contribution is -0.384. The van der Waals surface area contributed by atoms with Crippen LogP contribution in [-0.4, -0.2) is 39.9 Å². The van der Waals surface area contributed by atoms with Crippen LogP contribution in [0.5, 0.6) is 0 Å². The van der Waals surface area contributed by atoms with Crippen LogP contribution in [0.1, 0.15) is 12.1 Å². The fourth-order valence-corrected chi connectivity index (χ4v) is 2.06. The van der Waals surface area contributed by atoms with Crippen molar-refractivity contribution in [2.45, 2.75) is 13.2 Å². The van der Waals surface area contributed by atoms with Crippen LogP contribution in [0.15, 0.2) is 18.2 Å². The molecule has 8 heteroatoms. The highest BCUT2D eigenvalue weighted by Gasteiger charge is 2.21. The van der Waals surface area contributed by atoms with Gasteiger partial charge in [0.05, 0.1) is 10.6 Å². The van der Waals surface area contributed by atoms with Gasteiger partial charge in [0.25, 0.3) is 0 Å². The van der Waals surface area contributed by atoms with E-state index >= 15 is 0 Å². The summed E-state index contributed by atoms with van der Waals surface area (Å²) in [6.45, 7) is 3.08. The molecular weight excluding hydrogens is 247 g/mol. The molecule has 0 atom stereocenters. The number of hydrogen-bond donors (Lipinski definition) is 2. The highest BCUT2D eigenvalue weighted by atomic mass is 16.6. The van der Waals surface area contributed by atoms with Crippen LogP contribution in [0, 0.1) is 10.1 Å². The van der Waals surface area contributed by atoms with Crippen molar-refractivity contribution in [2.24, 2.45) is 0 Å². The Morgan fingerprint density at radius 2 is 2.32 bits per heavy atom. The molecular formula is C11H15BN4O3. The molecule has 1 aromatic rings. The standard InChI is InChI=1S/C11H15BN4O3/c1-12(17)15-6-4-8(5-7-15)9-2-3-10(16(18)19)11(13)14-9/h2-4,17H,5-7H2,1H3,(H2,13,14). The van der Waals surface area contributed by atoms with E-state index in [4.69, 9.17) is 5.73 Å². The first-order valence-corrected chi connectivity index (χ1v) is 6.01. The molecule has 7 nitrogen and oxygen atoms in total. The molecule has 1 aliphatic rings. The summed E-state index contributed by atoms with van der Waals surface area (Å²) >= 11 is 0. The SMILES string of the molecule is CB(O)N1CC=C(c2ccc([N+](=O)[O-])c(N)n2)CC1. The Labute approximate surface area is 111 Å². The van der Waals surface area contributed by atoms with Gasteiger partial charge in [0.1, 0.15) is 0 Å². The quantitative estimate of drug-likeness (QED) is 0.473. The van der Waals surface area contributed by atoms with Gasteiger partial charge in [-0.15, -0.1) is 0 Å². The third kappa shape index (κ3) is 2.91. The third-order valence-electron chi connectivity index (χ3n) is 3.20. The molecule has 0 spiro atoms. The minimum Gasteiger partial charge on any atom is -0.437 e. The first-order chi connectivity index (χ1) is 8.99. The Hall–Kier alpha value is -1.93. The number of nitro groups is 1. The zero-order valence-corrected chi connectivity index (χ0v) is 10.6. The van der Waals surface area contributed by atoms with Crippen LogP contribution in [0.3, 0.4) is 0 Å². The number of hydrogen-bond acceptors (Lipinski definition) is 6. The van der Waals surface area contributed by atoms with Gasteiger partial charge in [-0.2, -0.15) is 0 Å². The number of aromatic nitrogens is 1. The largest absolute Gasteiger partial charge is 0.437 e. The highest BCUT2D eigenvalue weighted by molar-refractivity contribution is 6.45. The van der Waals surface area contributed by atoms with E-state index in [0.29, 0.717) is 12.2 Å². The molecule has 2 rings (SSSR count). The normalized spacial score (nSPS) is 16.0. The summed E-state index contributed by atoms with van der Waals surface area (Å²) in [5.74, 6) is -0.0682. The number of nitrogens with two attached hydrogens (primary N) is 1. The number of nitrogen functional groups attached to an aromatic ring is 1. The van der Waals surface area contributed by atoms with Gasteiger partial charge in [-0.3, -0.25) is 10.1 Å². The Morgan fingerprint density at radius 1 is 1.58 bits per heavy atom. The zero-order valence-electron chi connectivity index (χ0n) is 10.6. The first kappa shape index (κ1) is 13.5. The van der Waals surface area contributed by atoms with Crippen LogP contribution >= 0.6 is 0 Å². The Bertz CT molecular complexity index is 533. The predicted molar refractivity (Wildman–Crippen MR) is 73.3 cm³/mol. The van der Waals surface area contributed by atoms with Crippen molar-refractivity contribution < 1.29 is 9.95 Å². The molecule has 0 saturated heterocycles. The summed E-state index contributed by atoms with van der Waals surface area (Å²) in [6.07, 6.45) is 2.69. The smallest absolute Gasteiger partial charge is 0.376 e. The van der Waals surface area contributed by atoms with Crippen LogP contribution in [0.25, 0.3) is 5.57 Å². The maximum absolute atomic E-state index is 10.7. The molecule has 0 radical (unpaired) electrons. The number of pyridine rings is 1. The third-order valence-corrected chi connectivity index (χ3v) is 3.20. The second kappa shape index (κ2) is 5.37. The Kier molecular flexibility index (Phi) is 3.82. The average Bonchev–Trinajstić information content (AvgIpc) is 2.38. The van der Waals surface area contributed by atoms with E-state index < -0.39 is 12.0 Å². The van der Waals surface area contributed by atoms with Crippen LogP contribution < -0.4 is 5.73 Å². The zero-order chi connectivity index (χ0) is 14.0. The maximum Gasteiger partial charge on any atom is 0.376 e. The maximum atomic E-state index is 10.7. The lowest BCUT2D eigenvalue weighted by Gasteiger charge is -2.26. The summed E-state index contributed by atoms with van der Waals surface area (Å²) in [7, 11) is -0.479. The molecule has 0 unspecified atom stereocenters. The summed E-state index contributed by atoms with van der Waals surface area (Å²) in [6, 6.07) is 2.98. The fraction of sp³-hybridized carbons (Fsp3) is 0.364. The molecule has 0 fully saturated rings. The lowest BCUT2D eigenvalue weighted by Crippen LogP contribution is -2.39. The van der Waals surface area contributed by atoms with Gasteiger partial charge in [0, 0.05) is 12.6 Å². The highest BCUT2D eigenvalue weighted by Crippen LogP contribution is 2.25. The molecule has 2 heterocycles. The van der Waals surface area contributed by atoms with Gasteiger partial charge >= 0.3 is 12.7 Å². The van der Waals surface area contributed by atoms with Crippen LogP contribution in [-0.2, 0) is 0 Å². The van der Waals surface area contributed by atoms with Crippen LogP contribution in [0.2, 0.25) is 6.82 Å². The number of nitrogens with zero attached hydrogens (tertiary/aromatic N) is 3. The minimum atomic E-state index is -0.545. The Balaban J connectivity index is 2.20.